The Hall–Kier alpha value is -4.85. The Kier molecular flexibility index (Phi) is 10.7. The Morgan fingerprint density at radius 1 is 1.07 bits per heavy atom. The van der Waals surface area contributed by atoms with Crippen LogP contribution in [0.1, 0.15) is 41.0 Å². The van der Waals surface area contributed by atoms with Gasteiger partial charge in [0.1, 0.15) is 22.7 Å². The molecule has 13 heteroatoms. The molecular weight excluding hydrogens is 613 g/mol. The Labute approximate surface area is 269 Å². The number of likely N-dealkylation sites (N-methyl/N-ethyl adjacent to an activating group) is 1. The molecule has 3 amide bonds. The number of nitrogens with zero attached hydrogens (tertiary/aromatic N) is 3. The van der Waals surface area contributed by atoms with Gasteiger partial charge in [-0.15, -0.1) is 11.3 Å². The standard InChI is InChI=1S/C33H36FN5O6S/c1-33(2,45)21-12-13-23(25(34)17-21)27-18-24(29(35)41)30(46-27)37-28-11-7-10-22(36-28)19-39(32(43)44)26(31(42)38(3)14-15-40)16-20-8-5-4-6-9-20/h4-13,17-18,26,40,45H,14-16,19H2,1-3H3,(H2,35,41)(H,36,37)(H,43,44). The number of aliphatic hydroxyl groups is 2. The first-order valence-electron chi connectivity index (χ1n) is 14.4. The molecule has 242 valence electrons. The summed E-state index contributed by atoms with van der Waals surface area (Å²) in [7, 11) is 1.50. The minimum absolute atomic E-state index is 0.0354. The van der Waals surface area contributed by atoms with Crippen LogP contribution >= 0.6 is 11.3 Å². The molecule has 0 aliphatic rings. The first-order chi connectivity index (χ1) is 21.8. The summed E-state index contributed by atoms with van der Waals surface area (Å²) in [4.78, 5) is 45.5. The highest BCUT2D eigenvalue weighted by atomic mass is 32.1. The number of aromatic nitrogens is 1. The second kappa shape index (κ2) is 14.5. The number of pyridine rings is 1. The van der Waals surface area contributed by atoms with Crippen molar-refractivity contribution < 1.29 is 34.1 Å². The molecule has 4 rings (SSSR count). The molecule has 0 aliphatic carbocycles. The Balaban J connectivity index is 1.63. The SMILES string of the molecule is CN(CCO)C(=O)C(Cc1ccccc1)N(Cc1cccc(Nc2sc(-c3ccc(C(C)(C)O)cc3F)cc2C(N)=O)n1)C(=O)O. The van der Waals surface area contributed by atoms with Crippen LogP contribution in [-0.4, -0.2) is 74.3 Å². The predicted octanol–water partition coefficient (Wildman–Crippen LogP) is 4.56. The largest absolute Gasteiger partial charge is 0.465 e. The lowest BCUT2D eigenvalue weighted by molar-refractivity contribution is -0.135. The second-order valence-electron chi connectivity index (χ2n) is 11.2. The Bertz CT molecular complexity index is 1710. The third-order valence-corrected chi connectivity index (χ3v) is 8.39. The molecule has 1 atom stereocenters. The van der Waals surface area contributed by atoms with Crippen LogP contribution in [0.5, 0.6) is 0 Å². The fraction of sp³-hybridized carbons (Fsp3) is 0.273. The summed E-state index contributed by atoms with van der Waals surface area (Å²) in [6, 6.07) is 18.6. The van der Waals surface area contributed by atoms with E-state index in [9.17, 15) is 29.7 Å². The van der Waals surface area contributed by atoms with E-state index in [1.54, 1.807) is 62.4 Å². The molecule has 46 heavy (non-hydrogen) atoms. The maximum atomic E-state index is 15.1. The van der Waals surface area contributed by atoms with Crippen molar-refractivity contribution in [2.45, 2.75) is 38.5 Å². The molecule has 0 bridgehead atoms. The number of nitrogens with two attached hydrogens (primary N) is 1. The summed E-state index contributed by atoms with van der Waals surface area (Å²) in [5.74, 6) is -1.54. The molecule has 0 spiro atoms. The van der Waals surface area contributed by atoms with E-state index in [0.717, 1.165) is 21.8 Å². The number of anilines is 2. The average molecular weight is 650 g/mol. The van der Waals surface area contributed by atoms with E-state index in [1.165, 1.54) is 30.1 Å². The summed E-state index contributed by atoms with van der Waals surface area (Å²) in [5, 5.41) is 33.2. The molecule has 2 aromatic carbocycles. The van der Waals surface area contributed by atoms with Gasteiger partial charge in [-0.25, -0.2) is 14.2 Å². The number of amides is 3. The number of hydrogen-bond donors (Lipinski definition) is 5. The molecule has 0 saturated heterocycles. The maximum Gasteiger partial charge on any atom is 0.408 e. The fourth-order valence-corrected chi connectivity index (χ4v) is 5.91. The van der Waals surface area contributed by atoms with Gasteiger partial charge < -0.3 is 31.3 Å². The number of aliphatic hydroxyl groups excluding tert-OH is 1. The number of carbonyl (C=O) groups is 3. The van der Waals surface area contributed by atoms with Crippen LogP contribution in [0.15, 0.2) is 72.8 Å². The lowest BCUT2D eigenvalue weighted by atomic mass is 9.96. The van der Waals surface area contributed by atoms with Crippen LogP contribution in [0.25, 0.3) is 10.4 Å². The van der Waals surface area contributed by atoms with Crippen molar-refractivity contribution in [2.24, 2.45) is 5.73 Å². The lowest BCUT2D eigenvalue weighted by Crippen LogP contribution is -2.51. The second-order valence-corrected chi connectivity index (χ2v) is 12.3. The normalized spacial score (nSPS) is 12.0. The summed E-state index contributed by atoms with van der Waals surface area (Å²) >= 11 is 1.08. The number of carboxylic acid groups (broad SMARTS) is 1. The van der Waals surface area contributed by atoms with Crippen LogP contribution in [-0.2, 0) is 23.4 Å². The lowest BCUT2D eigenvalue weighted by Gasteiger charge is -2.31. The van der Waals surface area contributed by atoms with E-state index in [0.29, 0.717) is 21.1 Å². The van der Waals surface area contributed by atoms with Crippen LogP contribution in [0.2, 0.25) is 0 Å². The Morgan fingerprint density at radius 3 is 2.39 bits per heavy atom. The van der Waals surface area contributed by atoms with Crippen molar-refractivity contribution in [3.05, 3.63) is 101 Å². The zero-order chi connectivity index (χ0) is 33.6. The number of benzene rings is 2. The zero-order valence-corrected chi connectivity index (χ0v) is 26.4. The molecule has 0 fully saturated rings. The quantitative estimate of drug-likeness (QED) is 0.140. The van der Waals surface area contributed by atoms with Crippen molar-refractivity contribution >= 4 is 40.1 Å². The van der Waals surface area contributed by atoms with Crippen molar-refractivity contribution in [3.63, 3.8) is 0 Å². The Morgan fingerprint density at radius 2 is 1.78 bits per heavy atom. The number of thiophene rings is 1. The molecule has 0 radical (unpaired) electrons. The summed E-state index contributed by atoms with van der Waals surface area (Å²) in [6.45, 7) is 2.62. The molecule has 4 aromatic rings. The summed E-state index contributed by atoms with van der Waals surface area (Å²) in [5.41, 5.74) is 6.18. The van der Waals surface area contributed by atoms with Crippen molar-refractivity contribution in [1.82, 2.24) is 14.8 Å². The van der Waals surface area contributed by atoms with Gasteiger partial charge in [-0.05, 0) is 49.2 Å². The van der Waals surface area contributed by atoms with Crippen LogP contribution < -0.4 is 11.1 Å². The van der Waals surface area contributed by atoms with E-state index in [4.69, 9.17) is 5.73 Å². The molecular formula is C33H36FN5O6S. The third-order valence-electron chi connectivity index (χ3n) is 7.31. The van der Waals surface area contributed by atoms with E-state index in [1.807, 2.05) is 6.07 Å². The van der Waals surface area contributed by atoms with Gasteiger partial charge in [0.25, 0.3) is 5.91 Å². The van der Waals surface area contributed by atoms with E-state index < -0.39 is 35.4 Å². The van der Waals surface area contributed by atoms with Gasteiger partial charge in [0, 0.05) is 30.5 Å². The monoisotopic (exact) mass is 649 g/mol. The van der Waals surface area contributed by atoms with Gasteiger partial charge in [0.05, 0.1) is 30.0 Å². The molecule has 11 nitrogen and oxygen atoms in total. The van der Waals surface area contributed by atoms with Gasteiger partial charge in [-0.1, -0.05) is 48.5 Å². The highest BCUT2D eigenvalue weighted by molar-refractivity contribution is 7.20. The van der Waals surface area contributed by atoms with E-state index in [2.05, 4.69) is 10.3 Å². The number of primary amides is 1. The molecule has 6 N–H and O–H groups in total. The number of nitrogens with one attached hydrogen (secondary N) is 1. The van der Waals surface area contributed by atoms with E-state index >= 15 is 4.39 Å². The van der Waals surface area contributed by atoms with Gasteiger partial charge in [0.2, 0.25) is 5.91 Å². The van der Waals surface area contributed by atoms with Crippen LogP contribution in [0.4, 0.5) is 20.0 Å². The predicted molar refractivity (Wildman–Crippen MR) is 173 cm³/mol. The third kappa shape index (κ3) is 8.24. The minimum atomic E-state index is -1.33. The van der Waals surface area contributed by atoms with Crippen molar-refractivity contribution in [2.75, 3.05) is 25.5 Å². The summed E-state index contributed by atoms with van der Waals surface area (Å²) < 4.78 is 15.1. The number of halogens is 1. The maximum absolute atomic E-state index is 15.1. The highest BCUT2D eigenvalue weighted by Crippen LogP contribution is 2.38. The van der Waals surface area contributed by atoms with Gasteiger partial charge in [0.15, 0.2) is 0 Å². The first kappa shape index (κ1) is 34.0. The topological polar surface area (TPSA) is 169 Å². The van der Waals surface area contributed by atoms with Crippen LogP contribution in [0, 0.1) is 5.82 Å². The highest BCUT2D eigenvalue weighted by Gasteiger charge is 2.32. The molecule has 0 saturated carbocycles. The minimum Gasteiger partial charge on any atom is -0.465 e. The smallest absolute Gasteiger partial charge is 0.408 e. The van der Waals surface area contributed by atoms with Crippen molar-refractivity contribution in [3.8, 4) is 10.4 Å². The van der Waals surface area contributed by atoms with Crippen LogP contribution in [0.3, 0.4) is 0 Å². The fourth-order valence-electron chi connectivity index (χ4n) is 4.82. The van der Waals surface area contributed by atoms with Crippen molar-refractivity contribution in [1.29, 1.82) is 0 Å². The molecule has 2 aromatic heterocycles. The van der Waals surface area contributed by atoms with Gasteiger partial charge >= 0.3 is 6.09 Å². The molecule has 0 aliphatic heterocycles. The molecule has 1 unspecified atom stereocenters. The number of rotatable bonds is 13. The molecule has 2 heterocycles. The van der Waals surface area contributed by atoms with E-state index in [-0.39, 0.29) is 43.1 Å². The zero-order valence-electron chi connectivity index (χ0n) is 25.6. The first-order valence-corrected chi connectivity index (χ1v) is 15.2. The van der Waals surface area contributed by atoms with Gasteiger partial charge in [-0.2, -0.15) is 0 Å². The summed E-state index contributed by atoms with van der Waals surface area (Å²) in [6.07, 6.45) is -1.23. The number of carbonyl (C=O) groups excluding carboxylic acids is 2. The number of hydrogen-bond acceptors (Lipinski definition) is 8. The average Bonchev–Trinajstić information content (AvgIpc) is 3.42. The van der Waals surface area contributed by atoms with Gasteiger partial charge in [-0.3, -0.25) is 14.5 Å².